The molecule has 0 aromatic carbocycles. The first kappa shape index (κ1) is 21.6. The number of carbonyl (C=O) groups excluding carboxylic acids is 1. The fourth-order valence-corrected chi connectivity index (χ4v) is 5.15. The molecule has 2 fully saturated rings. The van der Waals surface area contributed by atoms with Crippen molar-refractivity contribution >= 4 is 22.6 Å². The number of aryl methyl sites for hydroxylation is 2. The van der Waals surface area contributed by atoms with E-state index >= 15 is 0 Å². The standard InChI is InChI=1S/C25H30N6O2/c1-4-16-11-20-23(29-24(16)32)15(2)17(12-27-20)14-30-9-10-31(22-8-7-21(22)30)18-5-6-19(28-13-18)25(33)26-3/h5-6,11-13,21-22H,4,7-10,14H2,1-3H3,(H,26,33)(H,29,32)/t21-,22+/m1/s1. The van der Waals surface area contributed by atoms with Gasteiger partial charge in [-0.15, -0.1) is 0 Å². The number of nitrogens with one attached hydrogen (secondary N) is 2. The van der Waals surface area contributed by atoms with E-state index in [1.165, 1.54) is 6.42 Å². The Balaban J connectivity index is 1.34. The monoisotopic (exact) mass is 446 g/mol. The third kappa shape index (κ3) is 3.78. The number of hydrogen-bond donors (Lipinski definition) is 2. The summed E-state index contributed by atoms with van der Waals surface area (Å²) in [4.78, 5) is 41.2. The summed E-state index contributed by atoms with van der Waals surface area (Å²) >= 11 is 0. The predicted molar refractivity (Wildman–Crippen MR) is 129 cm³/mol. The van der Waals surface area contributed by atoms with E-state index in [9.17, 15) is 9.59 Å². The highest BCUT2D eigenvalue weighted by molar-refractivity contribution is 5.92. The molecule has 0 bridgehead atoms. The van der Waals surface area contributed by atoms with E-state index in [2.05, 4.69) is 37.0 Å². The van der Waals surface area contributed by atoms with Gasteiger partial charge in [-0.05, 0) is 55.5 Å². The molecule has 172 valence electrons. The lowest BCUT2D eigenvalue weighted by Crippen LogP contribution is -2.64. The number of H-pyrrole nitrogens is 1. The van der Waals surface area contributed by atoms with Crippen LogP contribution < -0.4 is 15.8 Å². The number of aromatic nitrogens is 3. The Morgan fingerprint density at radius 3 is 2.64 bits per heavy atom. The van der Waals surface area contributed by atoms with Gasteiger partial charge in [-0.1, -0.05) is 6.92 Å². The molecule has 1 aliphatic heterocycles. The van der Waals surface area contributed by atoms with Gasteiger partial charge >= 0.3 is 0 Å². The van der Waals surface area contributed by atoms with Gasteiger partial charge in [0.05, 0.1) is 22.9 Å². The Labute approximate surface area is 193 Å². The average molecular weight is 447 g/mol. The van der Waals surface area contributed by atoms with Crippen molar-refractivity contribution in [1.82, 2.24) is 25.2 Å². The zero-order valence-corrected chi connectivity index (χ0v) is 19.4. The number of fused-ring (bicyclic) bond motifs is 2. The maximum absolute atomic E-state index is 12.3. The molecule has 1 aliphatic carbocycles. The van der Waals surface area contributed by atoms with Gasteiger partial charge in [-0.3, -0.25) is 19.5 Å². The van der Waals surface area contributed by atoms with Crippen molar-refractivity contribution in [1.29, 1.82) is 0 Å². The SMILES string of the molecule is CCc1cc2ncc(CN3CCN(c4ccc(C(=O)NC)nc4)[C@H]4CC[C@H]43)c(C)c2[nH]c1=O. The van der Waals surface area contributed by atoms with Crippen LogP contribution in [0.3, 0.4) is 0 Å². The summed E-state index contributed by atoms with van der Waals surface area (Å²) in [5.41, 5.74) is 6.24. The first-order valence-corrected chi connectivity index (χ1v) is 11.7. The highest BCUT2D eigenvalue weighted by atomic mass is 16.1. The third-order valence-corrected chi connectivity index (χ3v) is 7.31. The minimum absolute atomic E-state index is 0.0178. The third-order valence-electron chi connectivity index (χ3n) is 7.31. The number of rotatable bonds is 5. The van der Waals surface area contributed by atoms with Crippen LogP contribution in [0.15, 0.2) is 35.4 Å². The highest BCUT2D eigenvalue weighted by Gasteiger charge is 2.43. The summed E-state index contributed by atoms with van der Waals surface area (Å²) in [5.74, 6) is -0.167. The Hall–Kier alpha value is -3.26. The molecule has 5 rings (SSSR count). The first-order valence-electron chi connectivity index (χ1n) is 11.7. The maximum atomic E-state index is 12.3. The number of carbonyl (C=O) groups is 1. The molecule has 1 saturated carbocycles. The van der Waals surface area contributed by atoms with Crippen LogP contribution in [0.5, 0.6) is 0 Å². The Morgan fingerprint density at radius 2 is 1.97 bits per heavy atom. The molecule has 2 atom stereocenters. The van der Waals surface area contributed by atoms with E-state index in [1.54, 1.807) is 13.1 Å². The fraction of sp³-hybridized carbons (Fsp3) is 0.440. The second kappa shape index (κ2) is 8.59. The molecule has 2 N–H and O–H groups in total. The van der Waals surface area contributed by atoms with Crippen LogP contribution in [0.25, 0.3) is 11.0 Å². The second-order valence-corrected chi connectivity index (χ2v) is 9.00. The number of aromatic amines is 1. The lowest BCUT2D eigenvalue weighted by molar-refractivity contribution is 0.0657. The van der Waals surface area contributed by atoms with Crippen molar-refractivity contribution in [2.24, 2.45) is 0 Å². The number of piperazine rings is 1. The maximum Gasteiger partial charge on any atom is 0.269 e. The van der Waals surface area contributed by atoms with E-state index < -0.39 is 0 Å². The number of pyridine rings is 3. The van der Waals surface area contributed by atoms with Crippen molar-refractivity contribution in [2.45, 2.75) is 51.7 Å². The summed E-state index contributed by atoms with van der Waals surface area (Å²) in [6, 6.07) is 6.64. The van der Waals surface area contributed by atoms with Crippen LogP contribution in [0.4, 0.5) is 5.69 Å². The number of nitrogens with zero attached hydrogens (tertiary/aromatic N) is 4. The minimum Gasteiger partial charge on any atom is -0.364 e. The summed E-state index contributed by atoms with van der Waals surface area (Å²) in [6.45, 7) is 6.75. The average Bonchev–Trinajstić information content (AvgIpc) is 2.81. The van der Waals surface area contributed by atoms with Gasteiger partial charge in [0.2, 0.25) is 0 Å². The van der Waals surface area contributed by atoms with Crippen LogP contribution in [0, 0.1) is 6.92 Å². The lowest BCUT2D eigenvalue weighted by atomic mass is 9.81. The van der Waals surface area contributed by atoms with Crippen molar-refractivity contribution < 1.29 is 4.79 Å². The van der Waals surface area contributed by atoms with Gasteiger partial charge in [0.25, 0.3) is 11.5 Å². The van der Waals surface area contributed by atoms with E-state index in [1.807, 2.05) is 31.5 Å². The van der Waals surface area contributed by atoms with Crippen molar-refractivity contribution in [3.63, 3.8) is 0 Å². The number of anilines is 1. The summed E-state index contributed by atoms with van der Waals surface area (Å²) < 4.78 is 0. The van der Waals surface area contributed by atoms with Gasteiger partial charge in [0.15, 0.2) is 0 Å². The zero-order valence-electron chi connectivity index (χ0n) is 19.4. The molecule has 1 saturated heterocycles. The van der Waals surface area contributed by atoms with Crippen LogP contribution in [0.2, 0.25) is 0 Å². The van der Waals surface area contributed by atoms with Crippen molar-refractivity contribution in [2.75, 3.05) is 25.0 Å². The highest BCUT2D eigenvalue weighted by Crippen LogP contribution is 2.37. The molecule has 1 amide bonds. The van der Waals surface area contributed by atoms with E-state index in [4.69, 9.17) is 0 Å². The fourth-order valence-electron chi connectivity index (χ4n) is 5.15. The summed E-state index contributed by atoms with van der Waals surface area (Å²) in [5, 5.41) is 2.61. The summed E-state index contributed by atoms with van der Waals surface area (Å²) in [6.07, 6.45) is 6.80. The van der Waals surface area contributed by atoms with E-state index in [0.717, 1.165) is 59.5 Å². The molecular weight excluding hydrogens is 416 g/mol. The van der Waals surface area contributed by atoms with Gasteiger partial charge in [-0.25, -0.2) is 4.98 Å². The van der Waals surface area contributed by atoms with Gasteiger partial charge in [0, 0.05) is 50.5 Å². The lowest BCUT2D eigenvalue weighted by Gasteiger charge is -2.54. The molecular formula is C25H30N6O2. The van der Waals surface area contributed by atoms with Crippen LogP contribution in [0.1, 0.15) is 46.9 Å². The van der Waals surface area contributed by atoms with Crippen molar-refractivity contribution in [3.8, 4) is 0 Å². The first-order chi connectivity index (χ1) is 16.0. The molecule has 0 spiro atoms. The number of hydrogen-bond acceptors (Lipinski definition) is 6. The molecule has 33 heavy (non-hydrogen) atoms. The van der Waals surface area contributed by atoms with Crippen LogP contribution in [-0.4, -0.2) is 58.0 Å². The molecule has 8 nitrogen and oxygen atoms in total. The number of amides is 1. The Bertz CT molecular complexity index is 1250. The molecule has 2 aliphatic rings. The molecule has 8 heteroatoms. The molecule has 3 aromatic heterocycles. The Kier molecular flexibility index (Phi) is 5.62. The topological polar surface area (TPSA) is 94.2 Å². The van der Waals surface area contributed by atoms with Gasteiger partial charge in [0.1, 0.15) is 5.69 Å². The second-order valence-electron chi connectivity index (χ2n) is 9.00. The molecule has 0 unspecified atom stereocenters. The van der Waals surface area contributed by atoms with E-state index in [-0.39, 0.29) is 11.5 Å². The quantitative estimate of drug-likeness (QED) is 0.625. The minimum atomic E-state index is -0.167. The molecule has 3 aromatic rings. The van der Waals surface area contributed by atoms with Gasteiger partial charge < -0.3 is 15.2 Å². The predicted octanol–water partition coefficient (Wildman–Crippen LogP) is 2.40. The Morgan fingerprint density at radius 1 is 1.15 bits per heavy atom. The van der Waals surface area contributed by atoms with Gasteiger partial charge in [-0.2, -0.15) is 0 Å². The van der Waals surface area contributed by atoms with E-state index in [0.29, 0.717) is 24.2 Å². The molecule has 0 radical (unpaired) electrons. The van der Waals surface area contributed by atoms with Crippen molar-refractivity contribution in [3.05, 3.63) is 63.3 Å². The smallest absolute Gasteiger partial charge is 0.269 e. The molecule has 4 heterocycles. The zero-order chi connectivity index (χ0) is 23.1. The van der Waals surface area contributed by atoms with Crippen LogP contribution >= 0.6 is 0 Å². The summed E-state index contributed by atoms with van der Waals surface area (Å²) in [7, 11) is 1.61. The largest absolute Gasteiger partial charge is 0.364 e. The van der Waals surface area contributed by atoms with Crippen LogP contribution in [-0.2, 0) is 13.0 Å². The normalized spacial score (nSPS) is 20.4.